The van der Waals surface area contributed by atoms with Crippen molar-refractivity contribution in [1.82, 2.24) is 20.3 Å². The molecule has 0 bridgehead atoms. The maximum atomic E-state index is 12.5. The Labute approximate surface area is 138 Å². The number of nitrogens with one attached hydrogen (secondary N) is 1. The monoisotopic (exact) mass is 366 g/mol. The third-order valence-corrected chi connectivity index (χ3v) is 4.06. The summed E-state index contributed by atoms with van der Waals surface area (Å²) in [7, 11) is 1.57. The zero-order valence-corrected chi connectivity index (χ0v) is 14.4. The first kappa shape index (κ1) is 16.5. The number of amides is 1. The lowest BCUT2D eigenvalue weighted by Gasteiger charge is -2.22. The predicted molar refractivity (Wildman–Crippen MR) is 86.8 cm³/mol. The minimum absolute atomic E-state index is 0.0713. The van der Waals surface area contributed by atoms with Crippen LogP contribution in [0.15, 0.2) is 35.1 Å². The average Bonchev–Trinajstić information content (AvgIpc) is 2.99. The van der Waals surface area contributed by atoms with Gasteiger partial charge in [0.25, 0.3) is 5.91 Å². The van der Waals surface area contributed by atoms with Crippen molar-refractivity contribution in [1.29, 1.82) is 0 Å². The number of hydrogen-bond donors (Lipinski definition) is 1. The van der Waals surface area contributed by atoms with Crippen LogP contribution in [-0.4, -0.2) is 34.1 Å². The van der Waals surface area contributed by atoms with Crippen molar-refractivity contribution in [3.8, 4) is 5.75 Å². The van der Waals surface area contributed by atoms with Crippen molar-refractivity contribution in [2.45, 2.75) is 26.4 Å². The third-order valence-electron chi connectivity index (χ3n) is 3.37. The Balaban J connectivity index is 2.14. The first-order chi connectivity index (χ1) is 10.5. The van der Waals surface area contributed by atoms with Gasteiger partial charge in [-0.25, -0.2) is 0 Å². The van der Waals surface area contributed by atoms with Crippen LogP contribution >= 0.6 is 15.9 Å². The molecule has 0 aliphatic heterocycles. The van der Waals surface area contributed by atoms with Crippen LogP contribution in [-0.2, 0) is 6.54 Å². The van der Waals surface area contributed by atoms with Crippen LogP contribution in [0, 0.1) is 5.92 Å². The summed E-state index contributed by atoms with van der Waals surface area (Å²) < 4.78 is 5.90. The van der Waals surface area contributed by atoms with Gasteiger partial charge in [0.1, 0.15) is 5.75 Å². The summed E-state index contributed by atoms with van der Waals surface area (Å²) in [5, 5.41) is 11.2. The highest BCUT2D eigenvalue weighted by molar-refractivity contribution is 9.10. The molecule has 0 aliphatic carbocycles. The quantitative estimate of drug-likeness (QED) is 0.852. The van der Waals surface area contributed by atoms with Crippen molar-refractivity contribution >= 4 is 21.8 Å². The van der Waals surface area contributed by atoms with Crippen LogP contribution < -0.4 is 10.1 Å². The number of aromatic nitrogens is 3. The van der Waals surface area contributed by atoms with E-state index in [0.717, 1.165) is 4.47 Å². The number of halogens is 1. The molecule has 22 heavy (non-hydrogen) atoms. The summed E-state index contributed by atoms with van der Waals surface area (Å²) in [5.41, 5.74) is 0.540. The lowest BCUT2D eigenvalue weighted by Crippen LogP contribution is -2.42. The molecule has 1 aromatic carbocycles. The molecule has 1 unspecified atom stereocenters. The van der Waals surface area contributed by atoms with Crippen LogP contribution in [0.3, 0.4) is 0 Å². The molecule has 2 aromatic rings. The molecule has 1 amide bonds. The molecule has 0 fully saturated rings. The molecule has 0 saturated carbocycles. The van der Waals surface area contributed by atoms with Crippen LogP contribution in [0.2, 0.25) is 0 Å². The van der Waals surface area contributed by atoms with Gasteiger partial charge in [0.05, 0.1) is 37.7 Å². The molecule has 2 rings (SSSR count). The summed E-state index contributed by atoms with van der Waals surface area (Å²) in [6.45, 7) is 4.63. The Morgan fingerprint density at radius 3 is 2.64 bits per heavy atom. The molecule has 6 nitrogen and oxygen atoms in total. The van der Waals surface area contributed by atoms with Gasteiger partial charge < -0.3 is 10.1 Å². The number of rotatable bonds is 6. The summed E-state index contributed by atoms with van der Waals surface area (Å²) in [6, 6.07) is 5.24. The van der Waals surface area contributed by atoms with Crippen molar-refractivity contribution in [2.75, 3.05) is 7.11 Å². The molecule has 1 atom stereocenters. The molecular formula is C15H19BrN4O2. The van der Waals surface area contributed by atoms with Gasteiger partial charge in [-0.1, -0.05) is 13.8 Å². The maximum Gasteiger partial charge on any atom is 0.252 e. The molecule has 0 spiro atoms. The predicted octanol–water partition coefficient (Wildman–Crippen LogP) is 2.50. The molecule has 1 heterocycles. The van der Waals surface area contributed by atoms with Crippen molar-refractivity contribution < 1.29 is 9.53 Å². The van der Waals surface area contributed by atoms with E-state index in [0.29, 0.717) is 17.9 Å². The van der Waals surface area contributed by atoms with Crippen molar-refractivity contribution in [3.63, 3.8) is 0 Å². The number of methoxy groups -OCH3 is 1. The number of benzene rings is 1. The van der Waals surface area contributed by atoms with Crippen LogP contribution in [0.5, 0.6) is 5.75 Å². The van der Waals surface area contributed by atoms with E-state index in [1.807, 2.05) is 0 Å². The topological polar surface area (TPSA) is 69.0 Å². The highest BCUT2D eigenvalue weighted by atomic mass is 79.9. The number of hydrogen-bond acceptors (Lipinski definition) is 4. The number of carbonyl (C=O) groups is 1. The summed E-state index contributed by atoms with van der Waals surface area (Å²) in [4.78, 5) is 14.1. The number of carbonyl (C=O) groups excluding carboxylic acids is 1. The lowest BCUT2D eigenvalue weighted by atomic mass is 10.0. The maximum absolute atomic E-state index is 12.5. The summed E-state index contributed by atoms with van der Waals surface area (Å²) in [6.07, 6.45) is 3.25. The van der Waals surface area contributed by atoms with Gasteiger partial charge in [-0.15, -0.1) is 0 Å². The molecule has 0 radical (unpaired) electrons. The second-order valence-electron chi connectivity index (χ2n) is 5.25. The van der Waals surface area contributed by atoms with E-state index in [2.05, 4.69) is 45.3 Å². The molecule has 1 N–H and O–H groups in total. The fraction of sp³-hybridized carbons (Fsp3) is 0.400. The summed E-state index contributed by atoms with van der Waals surface area (Å²) in [5.74, 6) is 0.735. The second-order valence-corrected chi connectivity index (χ2v) is 6.11. The fourth-order valence-electron chi connectivity index (χ4n) is 1.99. The van der Waals surface area contributed by atoms with Gasteiger partial charge in [0, 0.05) is 4.47 Å². The van der Waals surface area contributed by atoms with E-state index in [-0.39, 0.29) is 17.9 Å². The Morgan fingerprint density at radius 2 is 2.05 bits per heavy atom. The van der Waals surface area contributed by atoms with Gasteiger partial charge >= 0.3 is 0 Å². The van der Waals surface area contributed by atoms with Crippen molar-refractivity contribution in [2.24, 2.45) is 5.92 Å². The molecule has 1 aromatic heterocycles. The van der Waals surface area contributed by atoms with E-state index >= 15 is 0 Å². The highest BCUT2D eigenvalue weighted by Crippen LogP contribution is 2.22. The van der Waals surface area contributed by atoms with E-state index in [1.54, 1.807) is 42.5 Å². The standard InChI is InChI=1S/C15H19BrN4O2/c1-10(2)14(9-20-17-6-7-18-20)19-15(21)12-8-11(22-3)4-5-13(12)16/h4-8,10,14H,9H2,1-3H3,(H,19,21). The molecular weight excluding hydrogens is 348 g/mol. The number of nitrogens with zero attached hydrogens (tertiary/aromatic N) is 3. The Kier molecular flexibility index (Phi) is 5.54. The minimum atomic E-state index is -0.156. The lowest BCUT2D eigenvalue weighted by molar-refractivity contribution is 0.0916. The molecule has 118 valence electrons. The summed E-state index contributed by atoms with van der Waals surface area (Å²) >= 11 is 3.40. The van der Waals surface area contributed by atoms with E-state index in [1.165, 1.54) is 0 Å². The Morgan fingerprint density at radius 1 is 1.36 bits per heavy atom. The van der Waals surface area contributed by atoms with Gasteiger partial charge in [0.2, 0.25) is 0 Å². The smallest absolute Gasteiger partial charge is 0.252 e. The minimum Gasteiger partial charge on any atom is -0.497 e. The zero-order valence-electron chi connectivity index (χ0n) is 12.8. The van der Waals surface area contributed by atoms with Crippen LogP contribution in [0.25, 0.3) is 0 Å². The largest absolute Gasteiger partial charge is 0.497 e. The zero-order chi connectivity index (χ0) is 16.1. The molecule has 7 heteroatoms. The Bertz CT molecular complexity index is 628. The first-order valence-electron chi connectivity index (χ1n) is 6.99. The van der Waals surface area contributed by atoms with Gasteiger partial charge in [-0.05, 0) is 40.0 Å². The van der Waals surface area contributed by atoms with Gasteiger partial charge in [0.15, 0.2) is 0 Å². The molecule has 0 aliphatic rings. The third kappa shape index (κ3) is 4.07. The Hall–Kier alpha value is -1.89. The molecule has 0 saturated heterocycles. The van der Waals surface area contributed by atoms with Crippen LogP contribution in [0.4, 0.5) is 0 Å². The van der Waals surface area contributed by atoms with E-state index in [4.69, 9.17) is 4.74 Å². The normalized spacial score (nSPS) is 12.2. The van der Waals surface area contributed by atoms with Gasteiger partial charge in [-0.3, -0.25) is 4.79 Å². The highest BCUT2D eigenvalue weighted by Gasteiger charge is 2.20. The van der Waals surface area contributed by atoms with E-state index < -0.39 is 0 Å². The van der Waals surface area contributed by atoms with Gasteiger partial charge in [-0.2, -0.15) is 15.0 Å². The van der Waals surface area contributed by atoms with E-state index in [9.17, 15) is 4.79 Å². The SMILES string of the molecule is COc1ccc(Br)c(C(=O)NC(Cn2nccn2)C(C)C)c1. The average molecular weight is 367 g/mol. The second kappa shape index (κ2) is 7.40. The van der Waals surface area contributed by atoms with Crippen molar-refractivity contribution in [3.05, 3.63) is 40.6 Å². The number of ether oxygens (including phenoxy) is 1. The first-order valence-corrected chi connectivity index (χ1v) is 7.79. The van der Waals surface area contributed by atoms with Crippen LogP contribution in [0.1, 0.15) is 24.2 Å². The fourth-order valence-corrected chi connectivity index (χ4v) is 2.41.